The van der Waals surface area contributed by atoms with Crippen molar-refractivity contribution in [3.63, 3.8) is 0 Å². The van der Waals surface area contributed by atoms with Gasteiger partial charge < -0.3 is 25.0 Å². The van der Waals surface area contributed by atoms with E-state index in [1.165, 1.54) is 23.9 Å². The molecule has 1 aliphatic rings. The first kappa shape index (κ1) is 38.9. The highest BCUT2D eigenvalue weighted by Crippen LogP contribution is 2.43. The maximum Gasteiger partial charge on any atom is 0.336 e. The zero-order valence-electron chi connectivity index (χ0n) is 29.8. The number of rotatable bonds is 14. The van der Waals surface area contributed by atoms with Gasteiger partial charge in [0.25, 0.3) is 0 Å². The van der Waals surface area contributed by atoms with Crippen LogP contribution >= 0.6 is 11.8 Å². The Hall–Kier alpha value is -4.82. The molecule has 1 heterocycles. The third-order valence-electron chi connectivity index (χ3n) is 9.32. The molecule has 54 heavy (non-hydrogen) atoms. The Balaban J connectivity index is 1.21. The molecule has 0 radical (unpaired) electrons. The molecular formula is C42H42N2O8S2. The summed E-state index contributed by atoms with van der Waals surface area (Å²) < 4.78 is 42.4. The van der Waals surface area contributed by atoms with E-state index in [1.54, 1.807) is 60.7 Å². The average molecular weight is 767 g/mol. The summed E-state index contributed by atoms with van der Waals surface area (Å²) in [6, 6.07) is 36.0. The quantitative estimate of drug-likeness (QED) is 0.0854. The second-order valence-electron chi connectivity index (χ2n) is 13.2. The number of sulfonamides is 1. The number of carbonyl (C=O) groups is 2. The predicted molar refractivity (Wildman–Crippen MR) is 208 cm³/mol. The SMILES string of the molecule is Cc1ccc(S(=O)(=O)N[C@H](Cc2ccccc2)C(=O)Nc2ccc([C@H]3O[C@@H](CSc4ccccc4C(=O)O)[C@@H](C)[C@@H](c4ccc(CO)cc4)O3)cc2)cc1. The number of ether oxygens (including phenoxy) is 2. The van der Waals surface area contributed by atoms with Gasteiger partial charge in [-0.1, -0.05) is 103 Å². The number of carboxylic acid groups (broad SMARTS) is 1. The molecule has 6 rings (SSSR count). The first-order valence-corrected chi connectivity index (χ1v) is 20.0. The molecule has 4 N–H and O–H groups in total. The molecule has 5 aromatic carbocycles. The number of aryl methyl sites for hydroxylation is 1. The Kier molecular flexibility index (Phi) is 12.6. The molecule has 1 amide bonds. The summed E-state index contributed by atoms with van der Waals surface area (Å²) in [5.41, 5.74) is 4.77. The summed E-state index contributed by atoms with van der Waals surface area (Å²) >= 11 is 1.41. The van der Waals surface area contributed by atoms with Gasteiger partial charge in [0.1, 0.15) is 6.04 Å². The van der Waals surface area contributed by atoms with Gasteiger partial charge in [-0.25, -0.2) is 13.2 Å². The van der Waals surface area contributed by atoms with Crippen LogP contribution in [0, 0.1) is 12.8 Å². The normalized spacial score (nSPS) is 19.2. The number of nitrogens with one attached hydrogen (secondary N) is 2. The third-order valence-corrected chi connectivity index (χ3v) is 12.0. The van der Waals surface area contributed by atoms with Crippen LogP contribution in [0.4, 0.5) is 5.69 Å². The highest BCUT2D eigenvalue weighted by Gasteiger charge is 2.38. The number of carboxylic acids is 1. The van der Waals surface area contributed by atoms with Crippen molar-refractivity contribution in [2.75, 3.05) is 11.1 Å². The van der Waals surface area contributed by atoms with E-state index in [1.807, 2.05) is 68.4 Å². The van der Waals surface area contributed by atoms with Crippen LogP contribution in [0.25, 0.3) is 0 Å². The summed E-state index contributed by atoms with van der Waals surface area (Å²) in [5.74, 6) is -1.17. The van der Waals surface area contributed by atoms with Gasteiger partial charge in [-0.3, -0.25) is 4.79 Å². The van der Waals surface area contributed by atoms with Gasteiger partial charge >= 0.3 is 5.97 Å². The van der Waals surface area contributed by atoms with E-state index in [4.69, 9.17) is 9.47 Å². The van der Waals surface area contributed by atoms with Crippen molar-refractivity contribution in [2.45, 2.75) is 61.2 Å². The lowest BCUT2D eigenvalue weighted by molar-refractivity contribution is -0.268. The standard InChI is InChI=1S/C42H42N2O8S2/c1-27-12-22-34(23-13-27)54(49,50)44-36(24-29-8-4-3-5-9-29)40(46)43-33-20-18-32(19-21-33)42-51-37(26-53-38-11-7-6-10-35(38)41(47)48)28(2)39(52-42)31-16-14-30(25-45)15-17-31/h3-23,28,36-37,39,42,44-45H,24-26H2,1-2H3,(H,43,46)(H,47,48)/t28-,36-,37+,39+,42+/m1/s1. The van der Waals surface area contributed by atoms with Crippen LogP contribution in [-0.4, -0.2) is 48.4 Å². The molecule has 0 unspecified atom stereocenters. The molecule has 12 heteroatoms. The number of thioether (sulfide) groups is 1. The summed E-state index contributed by atoms with van der Waals surface area (Å²) in [7, 11) is -4.01. The topological polar surface area (TPSA) is 151 Å². The number of aliphatic hydroxyl groups excluding tert-OH is 1. The van der Waals surface area contributed by atoms with Crippen LogP contribution in [0.3, 0.4) is 0 Å². The van der Waals surface area contributed by atoms with Gasteiger partial charge in [-0.2, -0.15) is 4.72 Å². The number of anilines is 1. The number of carbonyl (C=O) groups excluding carboxylic acids is 1. The van der Waals surface area contributed by atoms with Gasteiger partial charge in [-0.05, 0) is 66.4 Å². The van der Waals surface area contributed by atoms with Crippen LogP contribution in [0.2, 0.25) is 0 Å². The van der Waals surface area contributed by atoms with Crippen molar-refractivity contribution in [1.82, 2.24) is 4.72 Å². The molecule has 0 aliphatic carbocycles. The molecule has 10 nitrogen and oxygen atoms in total. The first-order valence-electron chi connectivity index (χ1n) is 17.5. The van der Waals surface area contributed by atoms with E-state index in [-0.39, 0.29) is 41.6 Å². The number of aromatic carboxylic acids is 1. The number of amides is 1. The number of benzene rings is 5. The Morgan fingerprint density at radius 3 is 2.11 bits per heavy atom. The summed E-state index contributed by atoms with van der Waals surface area (Å²) in [5, 5.41) is 22.2. The summed E-state index contributed by atoms with van der Waals surface area (Å²) in [4.78, 5) is 26.3. The number of aliphatic hydroxyl groups is 1. The smallest absolute Gasteiger partial charge is 0.336 e. The Labute approximate surface area is 319 Å². The molecule has 280 valence electrons. The molecule has 5 aromatic rings. The van der Waals surface area contributed by atoms with Crippen LogP contribution in [0.15, 0.2) is 137 Å². The fraction of sp³-hybridized carbons (Fsp3) is 0.238. The molecular weight excluding hydrogens is 725 g/mol. The summed E-state index contributed by atoms with van der Waals surface area (Å²) in [6.45, 7) is 3.82. The fourth-order valence-electron chi connectivity index (χ4n) is 6.21. The van der Waals surface area contributed by atoms with Gasteiger partial charge in [0.15, 0.2) is 6.29 Å². The second kappa shape index (κ2) is 17.5. The zero-order chi connectivity index (χ0) is 38.2. The van der Waals surface area contributed by atoms with E-state index in [0.29, 0.717) is 21.9 Å². The van der Waals surface area contributed by atoms with Crippen molar-refractivity contribution >= 4 is 39.3 Å². The lowest BCUT2D eigenvalue weighted by atomic mass is 9.91. The summed E-state index contributed by atoms with van der Waals surface area (Å²) in [6.07, 6.45) is -1.37. The Morgan fingerprint density at radius 2 is 1.44 bits per heavy atom. The molecule has 1 fully saturated rings. The fourth-order valence-corrected chi connectivity index (χ4v) is 8.62. The van der Waals surface area contributed by atoms with E-state index in [2.05, 4.69) is 10.0 Å². The predicted octanol–water partition coefficient (Wildman–Crippen LogP) is 7.30. The molecule has 1 saturated heterocycles. The third kappa shape index (κ3) is 9.64. The van der Waals surface area contributed by atoms with Crippen molar-refractivity contribution in [2.24, 2.45) is 5.92 Å². The van der Waals surface area contributed by atoms with Crippen molar-refractivity contribution in [3.8, 4) is 0 Å². The van der Waals surface area contributed by atoms with Crippen LogP contribution in [-0.2, 0) is 37.3 Å². The van der Waals surface area contributed by atoms with Gasteiger partial charge in [0, 0.05) is 27.8 Å². The lowest BCUT2D eigenvalue weighted by Gasteiger charge is -2.41. The number of hydrogen-bond acceptors (Lipinski definition) is 8. The average Bonchev–Trinajstić information content (AvgIpc) is 3.18. The Bertz CT molecular complexity index is 2150. The van der Waals surface area contributed by atoms with E-state index >= 15 is 0 Å². The molecule has 1 aliphatic heterocycles. The lowest BCUT2D eigenvalue weighted by Crippen LogP contribution is -2.45. The van der Waals surface area contributed by atoms with Gasteiger partial charge in [0.2, 0.25) is 15.9 Å². The van der Waals surface area contributed by atoms with Gasteiger partial charge in [0.05, 0.1) is 29.3 Å². The minimum atomic E-state index is -4.01. The Morgan fingerprint density at radius 1 is 0.796 bits per heavy atom. The highest BCUT2D eigenvalue weighted by atomic mass is 32.2. The zero-order valence-corrected chi connectivity index (χ0v) is 31.4. The van der Waals surface area contributed by atoms with Crippen LogP contribution < -0.4 is 10.0 Å². The molecule has 5 atom stereocenters. The molecule has 0 bridgehead atoms. The maximum absolute atomic E-state index is 13.7. The van der Waals surface area contributed by atoms with E-state index < -0.39 is 34.2 Å². The highest BCUT2D eigenvalue weighted by molar-refractivity contribution is 7.99. The molecule has 0 saturated carbocycles. The van der Waals surface area contributed by atoms with Crippen molar-refractivity contribution < 1.29 is 37.7 Å². The largest absolute Gasteiger partial charge is 0.478 e. The van der Waals surface area contributed by atoms with E-state index in [0.717, 1.165) is 22.3 Å². The maximum atomic E-state index is 13.7. The van der Waals surface area contributed by atoms with Crippen LogP contribution in [0.1, 0.15) is 57.5 Å². The minimum Gasteiger partial charge on any atom is -0.478 e. The van der Waals surface area contributed by atoms with Gasteiger partial charge in [-0.15, -0.1) is 11.8 Å². The first-order chi connectivity index (χ1) is 26.0. The minimum absolute atomic E-state index is 0.0653. The van der Waals surface area contributed by atoms with Crippen molar-refractivity contribution in [3.05, 3.63) is 161 Å². The second-order valence-corrected chi connectivity index (χ2v) is 16.0. The van der Waals surface area contributed by atoms with Crippen LogP contribution in [0.5, 0.6) is 0 Å². The monoisotopic (exact) mass is 766 g/mol. The van der Waals surface area contributed by atoms with E-state index in [9.17, 15) is 28.2 Å². The van der Waals surface area contributed by atoms with Crippen molar-refractivity contribution in [1.29, 1.82) is 0 Å². The number of hydrogen-bond donors (Lipinski definition) is 4. The molecule has 0 aromatic heterocycles. The molecule has 0 spiro atoms.